The fourth-order valence-electron chi connectivity index (χ4n) is 2.25. The summed E-state index contributed by atoms with van der Waals surface area (Å²) in [6, 6.07) is 15.6. The van der Waals surface area contributed by atoms with E-state index in [1.165, 1.54) is 0 Å². The van der Waals surface area contributed by atoms with E-state index < -0.39 is 0 Å². The van der Waals surface area contributed by atoms with Gasteiger partial charge in [0, 0.05) is 10.5 Å². The lowest BCUT2D eigenvalue weighted by Crippen LogP contribution is -2.32. The van der Waals surface area contributed by atoms with Crippen molar-refractivity contribution in [1.29, 1.82) is 0 Å². The van der Waals surface area contributed by atoms with Crippen LogP contribution in [0.15, 0.2) is 53.0 Å². The number of anilines is 1. The third-order valence-electron chi connectivity index (χ3n) is 3.80. The molecule has 0 saturated heterocycles. The summed E-state index contributed by atoms with van der Waals surface area (Å²) in [5, 5.41) is 2.92. The molecular formula is C18H21BrN2O2. The summed E-state index contributed by atoms with van der Waals surface area (Å²) in [7, 11) is 3.59. The maximum absolute atomic E-state index is 12.2. The molecule has 1 N–H and O–H groups in total. The molecule has 0 bridgehead atoms. The first-order chi connectivity index (χ1) is 11.0. The Morgan fingerprint density at radius 1 is 1.22 bits per heavy atom. The van der Waals surface area contributed by atoms with Crippen molar-refractivity contribution in [3.05, 3.63) is 58.6 Å². The number of nitrogens with zero attached hydrogens (tertiary/aromatic N) is 1. The van der Waals surface area contributed by atoms with E-state index in [9.17, 15) is 4.79 Å². The molecule has 1 amide bonds. The van der Waals surface area contributed by atoms with Crippen molar-refractivity contribution >= 4 is 27.5 Å². The topological polar surface area (TPSA) is 41.6 Å². The predicted octanol–water partition coefficient (Wildman–Crippen LogP) is 4.09. The fourth-order valence-corrected chi connectivity index (χ4v) is 2.64. The second-order valence-corrected chi connectivity index (χ2v) is 6.25. The average molecular weight is 377 g/mol. The standard InChI is InChI=1S/C18H21BrN2O2/c1-13(14-8-10-15(23-3)11-9-14)21(2)12-18(22)20-17-7-5-4-6-16(17)19/h4-11,13H,12H2,1-3H3,(H,20,22). The van der Waals surface area contributed by atoms with Crippen molar-refractivity contribution in [3.8, 4) is 5.75 Å². The molecule has 122 valence electrons. The smallest absolute Gasteiger partial charge is 0.238 e. The maximum Gasteiger partial charge on any atom is 0.238 e. The minimum atomic E-state index is -0.0419. The van der Waals surface area contributed by atoms with Gasteiger partial charge in [-0.1, -0.05) is 24.3 Å². The molecule has 0 aliphatic rings. The number of benzene rings is 2. The first-order valence-corrected chi connectivity index (χ1v) is 8.19. The zero-order chi connectivity index (χ0) is 16.8. The summed E-state index contributed by atoms with van der Waals surface area (Å²) in [4.78, 5) is 14.2. The summed E-state index contributed by atoms with van der Waals surface area (Å²) in [6.07, 6.45) is 0. The Hall–Kier alpha value is -1.85. The normalized spacial score (nSPS) is 12.0. The minimum Gasteiger partial charge on any atom is -0.497 e. The summed E-state index contributed by atoms with van der Waals surface area (Å²) in [5.74, 6) is 0.787. The Labute approximate surface area is 145 Å². The van der Waals surface area contributed by atoms with Gasteiger partial charge in [-0.3, -0.25) is 9.69 Å². The molecule has 0 spiro atoms. The van der Waals surface area contributed by atoms with Gasteiger partial charge < -0.3 is 10.1 Å². The van der Waals surface area contributed by atoms with Crippen molar-refractivity contribution in [2.75, 3.05) is 26.0 Å². The first kappa shape index (κ1) is 17.5. The second kappa shape index (κ2) is 8.13. The molecule has 1 unspecified atom stereocenters. The highest BCUT2D eigenvalue weighted by Gasteiger charge is 2.15. The van der Waals surface area contributed by atoms with E-state index in [1.807, 2.05) is 60.5 Å². The van der Waals surface area contributed by atoms with Crippen LogP contribution < -0.4 is 10.1 Å². The van der Waals surface area contributed by atoms with Gasteiger partial charge in [0.15, 0.2) is 0 Å². The lowest BCUT2D eigenvalue weighted by molar-refractivity contribution is -0.117. The molecule has 2 aromatic rings. The van der Waals surface area contributed by atoms with Crippen molar-refractivity contribution in [2.24, 2.45) is 0 Å². The van der Waals surface area contributed by atoms with Gasteiger partial charge in [-0.2, -0.15) is 0 Å². The van der Waals surface area contributed by atoms with Crippen LogP contribution in [0.3, 0.4) is 0 Å². The Morgan fingerprint density at radius 3 is 2.48 bits per heavy atom. The molecule has 5 heteroatoms. The van der Waals surface area contributed by atoms with Crippen LogP contribution in [0.2, 0.25) is 0 Å². The van der Waals surface area contributed by atoms with Crippen LogP contribution in [-0.4, -0.2) is 31.5 Å². The number of methoxy groups -OCH3 is 1. The quantitative estimate of drug-likeness (QED) is 0.825. The van der Waals surface area contributed by atoms with E-state index in [-0.39, 0.29) is 11.9 Å². The van der Waals surface area contributed by atoms with Crippen LogP contribution in [0.5, 0.6) is 5.75 Å². The van der Waals surface area contributed by atoms with Crippen molar-refractivity contribution in [1.82, 2.24) is 4.90 Å². The lowest BCUT2D eigenvalue weighted by Gasteiger charge is -2.24. The lowest BCUT2D eigenvalue weighted by atomic mass is 10.1. The van der Waals surface area contributed by atoms with Crippen LogP contribution in [0.25, 0.3) is 0 Å². The summed E-state index contributed by atoms with van der Waals surface area (Å²) in [6.45, 7) is 2.39. The zero-order valence-electron chi connectivity index (χ0n) is 13.5. The number of hydrogen-bond donors (Lipinski definition) is 1. The van der Waals surface area contributed by atoms with Gasteiger partial charge in [-0.15, -0.1) is 0 Å². The highest BCUT2D eigenvalue weighted by Crippen LogP contribution is 2.23. The molecule has 0 radical (unpaired) electrons. The molecule has 2 aromatic carbocycles. The molecule has 0 aliphatic heterocycles. The zero-order valence-corrected chi connectivity index (χ0v) is 15.1. The molecule has 23 heavy (non-hydrogen) atoms. The van der Waals surface area contributed by atoms with Crippen molar-refractivity contribution in [3.63, 3.8) is 0 Å². The van der Waals surface area contributed by atoms with Crippen LogP contribution in [0.4, 0.5) is 5.69 Å². The molecule has 0 saturated carbocycles. The number of rotatable bonds is 6. The number of halogens is 1. The highest BCUT2D eigenvalue weighted by atomic mass is 79.9. The van der Waals surface area contributed by atoms with Gasteiger partial charge in [0.25, 0.3) is 0 Å². The highest BCUT2D eigenvalue weighted by molar-refractivity contribution is 9.10. The number of carbonyl (C=O) groups is 1. The first-order valence-electron chi connectivity index (χ1n) is 7.40. The minimum absolute atomic E-state index is 0.0419. The third kappa shape index (κ3) is 4.81. The number of ether oxygens (including phenoxy) is 1. The van der Waals surface area contributed by atoms with Crippen LogP contribution >= 0.6 is 15.9 Å². The van der Waals surface area contributed by atoms with Gasteiger partial charge in [0.1, 0.15) is 5.75 Å². The van der Waals surface area contributed by atoms with Crippen LogP contribution in [0.1, 0.15) is 18.5 Å². The predicted molar refractivity (Wildman–Crippen MR) is 96.8 cm³/mol. The molecule has 0 heterocycles. The van der Waals surface area contributed by atoms with Gasteiger partial charge >= 0.3 is 0 Å². The Morgan fingerprint density at radius 2 is 1.87 bits per heavy atom. The van der Waals surface area contributed by atoms with Crippen molar-refractivity contribution in [2.45, 2.75) is 13.0 Å². The number of nitrogens with one attached hydrogen (secondary N) is 1. The average Bonchev–Trinajstić information content (AvgIpc) is 2.56. The van der Waals surface area contributed by atoms with E-state index in [0.29, 0.717) is 6.54 Å². The number of amides is 1. The summed E-state index contributed by atoms with van der Waals surface area (Å²) in [5.41, 5.74) is 1.92. The van der Waals surface area contributed by atoms with E-state index >= 15 is 0 Å². The van der Waals surface area contributed by atoms with Crippen LogP contribution in [-0.2, 0) is 4.79 Å². The summed E-state index contributed by atoms with van der Waals surface area (Å²) >= 11 is 3.43. The number of hydrogen-bond acceptors (Lipinski definition) is 3. The van der Waals surface area contributed by atoms with E-state index in [1.54, 1.807) is 7.11 Å². The summed E-state index contributed by atoms with van der Waals surface area (Å²) < 4.78 is 6.04. The second-order valence-electron chi connectivity index (χ2n) is 5.39. The Kier molecular flexibility index (Phi) is 6.19. The fraction of sp³-hybridized carbons (Fsp3) is 0.278. The third-order valence-corrected chi connectivity index (χ3v) is 4.49. The Bertz CT molecular complexity index is 658. The van der Waals surface area contributed by atoms with Crippen molar-refractivity contribution < 1.29 is 9.53 Å². The molecule has 0 aromatic heterocycles. The van der Waals surface area contributed by atoms with Gasteiger partial charge in [0.05, 0.1) is 19.3 Å². The molecule has 2 rings (SSSR count). The van der Waals surface area contributed by atoms with Crippen LogP contribution in [0, 0.1) is 0 Å². The largest absolute Gasteiger partial charge is 0.497 e. The molecular weight excluding hydrogens is 356 g/mol. The monoisotopic (exact) mass is 376 g/mol. The maximum atomic E-state index is 12.2. The van der Waals surface area contributed by atoms with Gasteiger partial charge in [-0.25, -0.2) is 0 Å². The van der Waals surface area contributed by atoms with E-state index in [4.69, 9.17) is 4.74 Å². The number of para-hydroxylation sites is 1. The Balaban J connectivity index is 1.95. The molecule has 1 atom stereocenters. The SMILES string of the molecule is COc1ccc(C(C)N(C)CC(=O)Nc2ccccc2Br)cc1. The van der Waals surface area contributed by atoms with Gasteiger partial charge in [-0.05, 0) is 59.7 Å². The van der Waals surface area contributed by atoms with E-state index in [2.05, 4.69) is 28.2 Å². The number of carbonyl (C=O) groups excluding carboxylic acids is 1. The molecule has 0 aliphatic carbocycles. The van der Waals surface area contributed by atoms with Gasteiger partial charge in [0.2, 0.25) is 5.91 Å². The van der Waals surface area contributed by atoms with E-state index in [0.717, 1.165) is 21.5 Å². The molecule has 4 nitrogen and oxygen atoms in total. The molecule has 0 fully saturated rings. The number of likely N-dealkylation sites (N-methyl/N-ethyl adjacent to an activating group) is 1.